The Hall–Kier alpha value is -1.59. The lowest BCUT2D eigenvalue weighted by Crippen LogP contribution is -2.37. The van der Waals surface area contributed by atoms with Crippen LogP contribution in [0.4, 0.5) is 0 Å². The second-order valence-electron chi connectivity index (χ2n) is 4.68. The number of nitrogens with zero attached hydrogens (tertiary/aromatic N) is 1. The maximum atomic E-state index is 10.5. The van der Waals surface area contributed by atoms with Gasteiger partial charge in [0.05, 0.1) is 13.5 Å². The zero-order chi connectivity index (χ0) is 14.3. The zero-order valence-corrected chi connectivity index (χ0v) is 11.5. The number of ether oxygens (including phenoxy) is 1. The van der Waals surface area contributed by atoms with Crippen LogP contribution >= 0.6 is 0 Å². The topological polar surface area (TPSA) is 75.8 Å². The molecule has 0 spiro atoms. The molecule has 1 rings (SSSR count). The van der Waals surface area contributed by atoms with E-state index >= 15 is 0 Å². The number of benzene rings is 1. The van der Waals surface area contributed by atoms with Gasteiger partial charge in [-0.3, -0.25) is 4.79 Å². The number of hydrogen-bond donors (Lipinski definition) is 2. The van der Waals surface area contributed by atoms with Crippen molar-refractivity contribution in [3.63, 3.8) is 0 Å². The Morgan fingerprint density at radius 3 is 2.79 bits per heavy atom. The third-order valence-electron chi connectivity index (χ3n) is 2.94. The number of carbonyl (C=O) groups is 1. The standard InChI is InChI=1S/C14H22N2O3/c1-16(10-12(15)9-14(17)18)8-7-11-5-3-4-6-13(11)19-2/h3-6,12H,7-10,15H2,1-2H3,(H,17,18). The van der Waals surface area contributed by atoms with Gasteiger partial charge in [-0.2, -0.15) is 0 Å². The van der Waals surface area contributed by atoms with Crippen LogP contribution in [-0.4, -0.2) is 49.3 Å². The summed E-state index contributed by atoms with van der Waals surface area (Å²) in [5, 5.41) is 8.66. The van der Waals surface area contributed by atoms with Gasteiger partial charge in [-0.25, -0.2) is 0 Å². The van der Waals surface area contributed by atoms with E-state index in [1.807, 2.05) is 36.2 Å². The highest BCUT2D eigenvalue weighted by molar-refractivity contribution is 5.67. The highest BCUT2D eigenvalue weighted by Crippen LogP contribution is 2.17. The maximum absolute atomic E-state index is 10.5. The van der Waals surface area contributed by atoms with Gasteiger partial charge in [0.25, 0.3) is 0 Å². The molecule has 0 saturated heterocycles. The molecule has 0 radical (unpaired) electrons. The van der Waals surface area contributed by atoms with Crippen LogP contribution in [0.25, 0.3) is 0 Å². The summed E-state index contributed by atoms with van der Waals surface area (Å²) in [5.74, 6) is 0.0244. The van der Waals surface area contributed by atoms with Crippen molar-refractivity contribution < 1.29 is 14.6 Å². The van der Waals surface area contributed by atoms with E-state index in [2.05, 4.69) is 0 Å². The molecule has 0 aromatic heterocycles. The van der Waals surface area contributed by atoms with Crippen LogP contribution in [0.3, 0.4) is 0 Å². The Morgan fingerprint density at radius 2 is 2.16 bits per heavy atom. The summed E-state index contributed by atoms with van der Waals surface area (Å²) >= 11 is 0. The molecule has 0 bridgehead atoms. The van der Waals surface area contributed by atoms with Crippen LogP contribution in [0.1, 0.15) is 12.0 Å². The van der Waals surface area contributed by atoms with E-state index in [9.17, 15) is 4.79 Å². The minimum atomic E-state index is -0.856. The average molecular weight is 266 g/mol. The third-order valence-corrected chi connectivity index (χ3v) is 2.94. The number of methoxy groups -OCH3 is 1. The summed E-state index contributed by atoms with van der Waals surface area (Å²) in [6.07, 6.45) is 0.847. The number of para-hydroxylation sites is 1. The van der Waals surface area contributed by atoms with Gasteiger partial charge in [0.2, 0.25) is 0 Å². The average Bonchev–Trinajstić information content (AvgIpc) is 2.35. The van der Waals surface area contributed by atoms with Crippen molar-refractivity contribution in [2.75, 3.05) is 27.2 Å². The van der Waals surface area contributed by atoms with Gasteiger partial charge >= 0.3 is 5.97 Å². The number of carboxylic acids is 1. The molecule has 0 fully saturated rings. The fourth-order valence-corrected chi connectivity index (χ4v) is 2.00. The van der Waals surface area contributed by atoms with Gasteiger partial charge < -0.3 is 20.5 Å². The number of likely N-dealkylation sites (N-methyl/N-ethyl adjacent to an activating group) is 1. The first-order chi connectivity index (χ1) is 9.02. The Bertz CT molecular complexity index is 409. The maximum Gasteiger partial charge on any atom is 0.304 e. The van der Waals surface area contributed by atoms with Crippen LogP contribution in [0.2, 0.25) is 0 Å². The lowest BCUT2D eigenvalue weighted by Gasteiger charge is -2.20. The summed E-state index contributed by atoms with van der Waals surface area (Å²) in [4.78, 5) is 12.6. The molecule has 0 aliphatic carbocycles. The molecular weight excluding hydrogens is 244 g/mol. The molecular formula is C14H22N2O3. The highest BCUT2D eigenvalue weighted by Gasteiger charge is 2.11. The molecule has 0 saturated carbocycles. The molecule has 0 amide bonds. The molecule has 1 aromatic carbocycles. The van der Waals surface area contributed by atoms with Gasteiger partial charge in [-0.1, -0.05) is 18.2 Å². The van der Waals surface area contributed by atoms with Gasteiger partial charge in [0.15, 0.2) is 0 Å². The number of carboxylic acid groups (broad SMARTS) is 1. The highest BCUT2D eigenvalue weighted by atomic mass is 16.5. The predicted octanol–water partition coefficient (Wildman–Crippen LogP) is 0.971. The summed E-state index contributed by atoms with van der Waals surface area (Å²) in [7, 11) is 3.60. The largest absolute Gasteiger partial charge is 0.496 e. The van der Waals surface area contributed by atoms with E-state index in [1.165, 1.54) is 0 Å². The molecule has 1 atom stereocenters. The monoisotopic (exact) mass is 266 g/mol. The van der Waals surface area contributed by atoms with E-state index in [-0.39, 0.29) is 12.5 Å². The van der Waals surface area contributed by atoms with E-state index < -0.39 is 5.97 Å². The molecule has 0 heterocycles. The molecule has 1 unspecified atom stereocenters. The van der Waals surface area contributed by atoms with Crippen LogP contribution in [0.15, 0.2) is 24.3 Å². The molecule has 0 aliphatic heterocycles. The molecule has 106 valence electrons. The first-order valence-corrected chi connectivity index (χ1v) is 6.30. The van der Waals surface area contributed by atoms with Crippen LogP contribution in [0.5, 0.6) is 5.75 Å². The van der Waals surface area contributed by atoms with Gasteiger partial charge in [0, 0.05) is 19.1 Å². The molecule has 5 heteroatoms. The van der Waals surface area contributed by atoms with E-state index in [1.54, 1.807) is 7.11 Å². The summed E-state index contributed by atoms with van der Waals surface area (Å²) in [6.45, 7) is 1.38. The third kappa shape index (κ3) is 5.72. The summed E-state index contributed by atoms with van der Waals surface area (Å²) < 4.78 is 5.29. The van der Waals surface area contributed by atoms with Crippen molar-refractivity contribution >= 4 is 5.97 Å². The van der Waals surface area contributed by atoms with Crippen molar-refractivity contribution in [3.05, 3.63) is 29.8 Å². The van der Waals surface area contributed by atoms with Gasteiger partial charge in [0.1, 0.15) is 5.75 Å². The number of rotatable bonds is 8. The van der Waals surface area contributed by atoms with E-state index in [0.717, 1.165) is 24.3 Å². The SMILES string of the molecule is COc1ccccc1CCN(C)CC(N)CC(=O)O. The molecule has 19 heavy (non-hydrogen) atoms. The Balaban J connectivity index is 2.41. The minimum Gasteiger partial charge on any atom is -0.496 e. The van der Waals surface area contributed by atoms with Gasteiger partial charge in [-0.15, -0.1) is 0 Å². The minimum absolute atomic E-state index is 0.000994. The first-order valence-electron chi connectivity index (χ1n) is 6.30. The van der Waals surface area contributed by atoms with Crippen molar-refractivity contribution in [1.29, 1.82) is 0 Å². The number of hydrogen-bond acceptors (Lipinski definition) is 4. The van der Waals surface area contributed by atoms with Crippen LogP contribution < -0.4 is 10.5 Å². The quantitative estimate of drug-likeness (QED) is 0.733. The normalized spacial score (nSPS) is 12.4. The van der Waals surface area contributed by atoms with Crippen LogP contribution in [-0.2, 0) is 11.2 Å². The zero-order valence-electron chi connectivity index (χ0n) is 11.5. The second-order valence-corrected chi connectivity index (χ2v) is 4.68. The van der Waals surface area contributed by atoms with Crippen molar-refractivity contribution in [1.82, 2.24) is 4.90 Å². The first kappa shape index (κ1) is 15.5. The Labute approximate surface area is 114 Å². The fraction of sp³-hybridized carbons (Fsp3) is 0.500. The second kappa shape index (κ2) is 7.76. The lowest BCUT2D eigenvalue weighted by molar-refractivity contribution is -0.137. The molecule has 1 aromatic rings. The van der Waals surface area contributed by atoms with E-state index in [4.69, 9.17) is 15.6 Å². The van der Waals surface area contributed by atoms with Crippen molar-refractivity contribution in [2.24, 2.45) is 5.73 Å². The smallest absolute Gasteiger partial charge is 0.304 e. The number of nitrogens with two attached hydrogens (primary N) is 1. The molecule has 3 N–H and O–H groups in total. The molecule has 0 aliphatic rings. The summed E-state index contributed by atoms with van der Waals surface area (Å²) in [6, 6.07) is 7.55. The fourth-order valence-electron chi connectivity index (χ4n) is 2.00. The van der Waals surface area contributed by atoms with E-state index in [0.29, 0.717) is 6.54 Å². The van der Waals surface area contributed by atoms with Crippen molar-refractivity contribution in [2.45, 2.75) is 18.9 Å². The number of aliphatic carboxylic acids is 1. The predicted molar refractivity (Wildman–Crippen MR) is 74.4 cm³/mol. The van der Waals surface area contributed by atoms with Gasteiger partial charge in [-0.05, 0) is 25.1 Å². The lowest BCUT2D eigenvalue weighted by atomic mass is 10.1. The van der Waals surface area contributed by atoms with Crippen LogP contribution in [0, 0.1) is 0 Å². The summed E-state index contributed by atoms with van der Waals surface area (Å²) in [5.41, 5.74) is 6.90. The Kier molecular flexibility index (Phi) is 6.32. The Morgan fingerprint density at radius 1 is 1.47 bits per heavy atom. The van der Waals surface area contributed by atoms with Crippen molar-refractivity contribution in [3.8, 4) is 5.75 Å². The molecule has 5 nitrogen and oxygen atoms in total.